The van der Waals surface area contributed by atoms with Gasteiger partial charge in [-0.3, -0.25) is 4.79 Å². The molecule has 10 nitrogen and oxygen atoms in total. The summed E-state index contributed by atoms with van der Waals surface area (Å²) in [4.78, 5) is 16.9. The first-order valence-corrected chi connectivity index (χ1v) is 7.74. The molecule has 0 aliphatic carbocycles. The van der Waals surface area contributed by atoms with Crippen molar-refractivity contribution in [2.24, 2.45) is 0 Å². The van der Waals surface area contributed by atoms with Gasteiger partial charge in [-0.2, -0.15) is 9.61 Å². The lowest BCUT2D eigenvalue weighted by Gasteiger charge is -2.11. The van der Waals surface area contributed by atoms with Gasteiger partial charge in [-0.05, 0) is 6.92 Å². The number of aryl methyl sites for hydroxylation is 1. The van der Waals surface area contributed by atoms with Crippen molar-refractivity contribution >= 4 is 29.0 Å². The predicted molar refractivity (Wildman–Crippen MR) is 90.4 cm³/mol. The maximum absolute atomic E-state index is 12.4. The highest BCUT2D eigenvalue weighted by atomic mass is 16.5. The van der Waals surface area contributed by atoms with Crippen LogP contribution in [0.25, 0.3) is 5.65 Å². The van der Waals surface area contributed by atoms with E-state index in [1.807, 2.05) is 6.92 Å². The number of carbonyl (C=O) groups is 1. The second-order valence-corrected chi connectivity index (χ2v) is 5.48. The van der Waals surface area contributed by atoms with Crippen LogP contribution in [0.5, 0.6) is 5.75 Å². The summed E-state index contributed by atoms with van der Waals surface area (Å²) in [5.74, 6) is 2.03. The van der Waals surface area contributed by atoms with E-state index in [2.05, 4.69) is 36.2 Å². The van der Waals surface area contributed by atoms with Crippen molar-refractivity contribution in [3.05, 3.63) is 29.6 Å². The predicted octanol–water partition coefficient (Wildman–Crippen LogP) is 0.735. The lowest BCUT2D eigenvalue weighted by Crippen LogP contribution is -2.28. The summed E-state index contributed by atoms with van der Waals surface area (Å²) in [7, 11) is 1.77. The molecule has 4 bridgehead atoms. The van der Waals surface area contributed by atoms with Crippen molar-refractivity contribution in [1.29, 1.82) is 0 Å². The third-order valence-corrected chi connectivity index (χ3v) is 3.81. The smallest absolute Gasteiger partial charge is 0.256 e. The molecule has 1 amide bonds. The number of nitrogens with one attached hydrogen (secondary N) is 3. The van der Waals surface area contributed by atoms with Crippen LogP contribution in [0.2, 0.25) is 0 Å². The van der Waals surface area contributed by atoms with E-state index < -0.39 is 0 Å². The number of anilines is 3. The second-order valence-electron chi connectivity index (χ2n) is 5.48. The molecule has 4 heterocycles. The second kappa shape index (κ2) is 5.89. The summed E-state index contributed by atoms with van der Waals surface area (Å²) in [6, 6.07) is 3.52. The average molecular weight is 340 g/mol. The Morgan fingerprint density at radius 1 is 1.28 bits per heavy atom. The van der Waals surface area contributed by atoms with E-state index in [0.717, 1.165) is 0 Å². The highest BCUT2D eigenvalue weighted by Gasteiger charge is 2.18. The fraction of sp³-hybridized carbons (Fsp3) is 0.267. The van der Waals surface area contributed by atoms with E-state index in [1.165, 1.54) is 6.20 Å². The minimum atomic E-state index is -0.260. The number of hydrogen-bond acceptors (Lipinski definition) is 8. The number of carbonyl (C=O) groups excluding carboxylic acids is 1. The van der Waals surface area contributed by atoms with Gasteiger partial charge in [0, 0.05) is 19.2 Å². The number of rotatable bonds is 1. The van der Waals surface area contributed by atoms with Gasteiger partial charge in [-0.15, -0.1) is 10.2 Å². The summed E-state index contributed by atoms with van der Waals surface area (Å²) >= 11 is 0. The topological polar surface area (TPSA) is 118 Å². The minimum absolute atomic E-state index is 0.260. The van der Waals surface area contributed by atoms with Crippen LogP contribution >= 0.6 is 0 Å². The molecule has 0 fully saturated rings. The lowest BCUT2D eigenvalue weighted by molar-refractivity contribution is 0.0948. The number of aromatic nitrogens is 5. The Morgan fingerprint density at radius 2 is 2.16 bits per heavy atom. The van der Waals surface area contributed by atoms with Gasteiger partial charge >= 0.3 is 0 Å². The average Bonchev–Trinajstić information content (AvgIpc) is 3.03. The zero-order chi connectivity index (χ0) is 17.4. The molecule has 0 aromatic carbocycles. The van der Waals surface area contributed by atoms with E-state index in [9.17, 15) is 4.79 Å². The largest absolute Gasteiger partial charge is 0.490 e. The summed E-state index contributed by atoms with van der Waals surface area (Å²) in [5.41, 5.74) is 1.49. The molecule has 3 aromatic heterocycles. The molecule has 0 atom stereocenters. The van der Waals surface area contributed by atoms with Gasteiger partial charge in [-0.1, -0.05) is 0 Å². The third-order valence-electron chi connectivity index (χ3n) is 3.81. The van der Waals surface area contributed by atoms with E-state index in [1.54, 1.807) is 23.7 Å². The van der Waals surface area contributed by atoms with Crippen LogP contribution in [0.1, 0.15) is 16.1 Å². The van der Waals surface area contributed by atoms with Crippen LogP contribution in [0.15, 0.2) is 18.3 Å². The van der Waals surface area contributed by atoms with E-state index >= 15 is 0 Å². The third kappa shape index (κ3) is 2.67. The lowest BCUT2D eigenvalue weighted by atomic mass is 10.3. The van der Waals surface area contributed by atoms with Crippen LogP contribution in [-0.4, -0.2) is 50.9 Å². The Kier molecular flexibility index (Phi) is 3.56. The Bertz CT molecular complexity index is 968. The molecule has 1 aliphatic rings. The maximum atomic E-state index is 12.4. The summed E-state index contributed by atoms with van der Waals surface area (Å²) in [5, 5.41) is 21.4. The molecule has 0 unspecified atom stereocenters. The molecule has 3 N–H and O–H groups in total. The van der Waals surface area contributed by atoms with Crippen LogP contribution in [0.3, 0.4) is 0 Å². The fourth-order valence-electron chi connectivity index (χ4n) is 2.56. The van der Waals surface area contributed by atoms with Gasteiger partial charge in [0.25, 0.3) is 5.91 Å². The molecule has 0 saturated heterocycles. The van der Waals surface area contributed by atoms with Crippen molar-refractivity contribution in [2.45, 2.75) is 6.92 Å². The number of hydrogen-bond donors (Lipinski definition) is 3. The summed E-state index contributed by atoms with van der Waals surface area (Å²) < 4.78 is 7.26. The summed E-state index contributed by atoms with van der Waals surface area (Å²) in [6.07, 6.45) is 1.49. The number of fused-ring (bicyclic) bond motifs is 3. The van der Waals surface area contributed by atoms with Crippen molar-refractivity contribution in [3.8, 4) is 5.75 Å². The van der Waals surface area contributed by atoms with Crippen LogP contribution in [-0.2, 0) is 0 Å². The monoisotopic (exact) mass is 340 g/mol. The van der Waals surface area contributed by atoms with Gasteiger partial charge < -0.3 is 20.7 Å². The van der Waals surface area contributed by atoms with Gasteiger partial charge in [0.05, 0.1) is 12.7 Å². The van der Waals surface area contributed by atoms with E-state index in [0.29, 0.717) is 53.3 Å². The first-order valence-electron chi connectivity index (χ1n) is 7.74. The molecule has 10 heteroatoms. The van der Waals surface area contributed by atoms with Crippen molar-refractivity contribution in [3.63, 3.8) is 0 Å². The van der Waals surface area contributed by atoms with Crippen molar-refractivity contribution in [2.75, 3.05) is 30.8 Å². The Hall–Kier alpha value is -3.43. The van der Waals surface area contributed by atoms with E-state index in [4.69, 9.17) is 4.74 Å². The Labute approximate surface area is 142 Å². The number of amides is 1. The number of ether oxygens (including phenoxy) is 1. The number of nitrogens with zero attached hydrogens (tertiary/aromatic N) is 5. The molecule has 0 spiro atoms. The zero-order valence-electron chi connectivity index (χ0n) is 13.7. The fourth-order valence-corrected chi connectivity index (χ4v) is 2.56. The molecule has 128 valence electrons. The van der Waals surface area contributed by atoms with Gasteiger partial charge in [0.15, 0.2) is 11.5 Å². The standard InChI is InChI=1S/C15H16N8O2/c1-8-10-5-12(22-21-8)19-11-6-13(16-2)23-14(20-11)9(7-18-23)15(24)17-3-4-25-10/h5-7,16H,3-4H2,1-2H3,(H,17,24)(H,19,20,22). The van der Waals surface area contributed by atoms with Crippen molar-refractivity contribution < 1.29 is 9.53 Å². The van der Waals surface area contributed by atoms with Crippen molar-refractivity contribution in [1.82, 2.24) is 30.1 Å². The van der Waals surface area contributed by atoms with Crippen LogP contribution in [0, 0.1) is 6.92 Å². The molecule has 0 saturated carbocycles. The normalized spacial score (nSPS) is 13.9. The first kappa shape index (κ1) is 15.1. The molecule has 1 aliphatic heterocycles. The molecule has 4 rings (SSSR count). The van der Waals surface area contributed by atoms with Gasteiger partial charge in [-0.25, -0.2) is 4.98 Å². The first-order chi connectivity index (χ1) is 12.2. The SMILES string of the molecule is CNc1cc2nc3c(cnn13)C(=O)NCCOc1cc(nnc1C)N2. The van der Waals surface area contributed by atoms with Crippen LogP contribution in [0.4, 0.5) is 17.5 Å². The minimum Gasteiger partial charge on any atom is -0.490 e. The Balaban J connectivity index is 1.88. The van der Waals surface area contributed by atoms with E-state index in [-0.39, 0.29) is 5.91 Å². The molecule has 3 aromatic rings. The quantitative estimate of drug-likeness (QED) is 0.593. The molecule has 25 heavy (non-hydrogen) atoms. The van der Waals surface area contributed by atoms with Gasteiger partial charge in [0.1, 0.15) is 35.2 Å². The summed E-state index contributed by atoms with van der Waals surface area (Å²) in [6.45, 7) is 2.47. The molecular formula is C15H16N8O2. The highest BCUT2D eigenvalue weighted by molar-refractivity contribution is 6.00. The molecular weight excluding hydrogens is 324 g/mol. The highest BCUT2D eigenvalue weighted by Crippen LogP contribution is 2.24. The zero-order valence-corrected chi connectivity index (χ0v) is 13.7. The Morgan fingerprint density at radius 3 is 3.00 bits per heavy atom. The van der Waals surface area contributed by atoms with Crippen LogP contribution < -0.4 is 20.7 Å². The molecule has 0 radical (unpaired) electrons. The maximum Gasteiger partial charge on any atom is 0.256 e. The van der Waals surface area contributed by atoms with Gasteiger partial charge in [0.2, 0.25) is 0 Å².